The van der Waals surface area contributed by atoms with Gasteiger partial charge >= 0.3 is 5.76 Å². The van der Waals surface area contributed by atoms with Crippen LogP contribution >= 0.6 is 11.6 Å². The first-order valence-corrected chi connectivity index (χ1v) is 9.45. The molecule has 0 amide bonds. The van der Waals surface area contributed by atoms with Gasteiger partial charge in [-0.15, -0.1) is 0 Å². The van der Waals surface area contributed by atoms with E-state index in [1.165, 1.54) is 6.07 Å². The van der Waals surface area contributed by atoms with E-state index in [9.17, 15) is 9.18 Å². The third kappa shape index (κ3) is 3.89. The van der Waals surface area contributed by atoms with Crippen LogP contribution in [0.2, 0.25) is 5.28 Å². The fourth-order valence-corrected chi connectivity index (χ4v) is 3.12. The van der Waals surface area contributed by atoms with Crippen molar-refractivity contribution in [2.45, 2.75) is 20.4 Å². The zero-order valence-corrected chi connectivity index (χ0v) is 16.8. The molecule has 0 saturated carbocycles. The van der Waals surface area contributed by atoms with Gasteiger partial charge in [0.1, 0.15) is 16.9 Å². The lowest BCUT2D eigenvalue weighted by atomic mass is 10.2. The summed E-state index contributed by atoms with van der Waals surface area (Å²) in [6.07, 6.45) is 0. The average molecular weight is 434 g/mol. The second-order valence-corrected chi connectivity index (χ2v) is 6.68. The highest BCUT2D eigenvalue weighted by atomic mass is 35.5. The smallest absolute Gasteiger partial charge is 0.380 e. The number of hydrogen-bond acceptors (Lipinski definition) is 8. The van der Waals surface area contributed by atoms with Crippen LogP contribution in [-0.2, 0) is 11.3 Å². The zero-order valence-electron chi connectivity index (χ0n) is 16.1. The first kappa shape index (κ1) is 20.0. The predicted molar refractivity (Wildman–Crippen MR) is 107 cm³/mol. The Morgan fingerprint density at radius 3 is 2.90 bits per heavy atom. The van der Waals surface area contributed by atoms with Crippen LogP contribution in [0.15, 0.2) is 27.5 Å². The summed E-state index contributed by atoms with van der Waals surface area (Å²) in [5.41, 5.74) is 2.23. The van der Waals surface area contributed by atoms with Crippen LogP contribution in [0, 0.1) is 12.7 Å². The van der Waals surface area contributed by atoms with Gasteiger partial charge in [0, 0.05) is 12.3 Å². The van der Waals surface area contributed by atoms with Gasteiger partial charge in [-0.2, -0.15) is 10.1 Å². The number of nitrogens with one attached hydrogen (secondary N) is 2. The number of ether oxygens (including phenoxy) is 1. The van der Waals surface area contributed by atoms with Crippen molar-refractivity contribution in [1.29, 1.82) is 0 Å². The van der Waals surface area contributed by atoms with Gasteiger partial charge in [0.2, 0.25) is 11.1 Å². The Kier molecular flexibility index (Phi) is 5.46. The molecule has 0 fully saturated rings. The van der Waals surface area contributed by atoms with Gasteiger partial charge < -0.3 is 10.1 Å². The molecule has 0 spiro atoms. The molecule has 3 heterocycles. The normalized spacial score (nSPS) is 11.3. The third-order valence-electron chi connectivity index (χ3n) is 4.30. The summed E-state index contributed by atoms with van der Waals surface area (Å²) >= 11 is 6.15. The molecule has 0 radical (unpaired) electrons. The van der Waals surface area contributed by atoms with Crippen LogP contribution in [0.5, 0.6) is 0 Å². The lowest BCUT2D eigenvalue weighted by Gasteiger charge is -2.11. The van der Waals surface area contributed by atoms with Gasteiger partial charge in [-0.3, -0.25) is 14.2 Å². The molecule has 0 aliphatic heterocycles. The number of halogens is 2. The van der Waals surface area contributed by atoms with Crippen LogP contribution in [0.1, 0.15) is 12.5 Å². The fourth-order valence-electron chi connectivity index (χ4n) is 2.95. The molecule has 0 bridgehead atoms. The Hall–Kier alpha value is -3.31. The van der Waals surface area contributed by atoms with Gasteiger partial charge in [0.05, 0.1) is 13.2 Å². The second kappa shape index (κ2) is 8.20. The summed E-state index contributed by atoms with van der Waals surface area (Å²) in [5, 5.41) is 11.3. The van der Waals surface area contributed by atoms with Crippen LogP contribution in [0.4, 0.5) is 15.9 Å². The van der Waals surface area contributed by atoms with Crippen molar-refractivity contribution < 1.29 is 13.7 Å². The summed E-state index contributed by atoms with van der Waals surface area (Å²) in [7, 11) is 0. The quantitative estimate of drug-likeness (QED) is 0.336. The van der Waals surface area contributed by atoms with E-state index in [0.29, 0.717) is 47.9 Å². The van der Waals surface area contributed by atoms with Crippen molar-refractivity contribution in [3.8, 4) is 11.5 Å². The fraction of sp³-hybridized carbons (Fsp3) is 0.278. The highest BCUT2D eigenvalue weighted by Gasteiger charge is 2.22. The highest BCUT2D eigenvalue weighted by molar-refractivity contribution is 6.29. The number of fused-ring (bicyclic) bond motifs is 1. The number of anilines is 2. The number of hydrogen-bond donors (Lipinski definition) is 2. The van der Waals surface area contributed by atoms with E-state index in [-0.39, 0.29) is 22.6 Å². The van der Waals surface area contributed by atoms with E-state index in [1.54, 1.807) is 23.7 Å². The van der Waals surface area contributed by atoms with Gasteiger partial charge in [0.15, 0.2) is 11.5 Å². The number of aromatic amines is 1. The van der Waals surface area contributed by atoms with Crippen molar-refractivity contribution in [3.05, 3.63) is 45.4 Å². The van der Waals surface area contributed by atoms with Gasteiger partial charge in [-0.25, -0.2) is 14.2 Å². The van der Waals surface area contributed by atoms with Crippen molar-refractivity contribution in [1.82, 2.24) is 29.9 Å². The minimum atomic E-state index is -0.720. The maximum atomic E-state index is 13.6. The molecule has 156 valence electrons. The topological polar surface area (TPSA) is 124 Å². The number of aromatic nitrogens is 6. The first-order valence-electron chi connectivity index (χ1n) is 9.07. The van der Waals surface area contributed by atoms with Crippen molar-refractivity contribution in [3.63, 3.8) is 0 Å². The molecule has 0 saturated heterocycles. The number of nitrogens with zero attached hydrogens (tertiary/aromatic N) is 5. The maximum Gasteiger partial charge on any atom is 0.439 e. The van der Waals surface area contributed by atoms with Crippen molar-refractivity contribution >= 4 is 34.1 Å². The first-order chi connectivity index (χ1) is 14.5. The molecule has 4 aromatic rings. The van der Waals surface area contributed by atoms with Gasteiger partial charge in [0.25, 0.3) is 0 Å². The van der Waals surface area contributed by atoms with Gasteiger partial charge in [-0.1, -0.05) is 5.16 Å². The van der Waals surface area contributed by atoms with E-state index in [0.717, 1.165) is 0 Å². The summed E-state index contributed by atoms with van der Waals surface area (Å²) in [6.45, 7) is 4.87. The van der Waals surface area contributed by atoms with Crippen LogP contribution in [-0.4, -0.2) is 43.1 Å². The molecule has 0 aliphatic rings. The van der Waals surface area contributed by atoms with Crippen molar-refractivity contribution in [2.24, 2.45) is 0 Å². The average Bonchev–Trinajstić information content (AvgIpc) is 3.28. The minimum Gasteiger partial charge on any atom is -0.380 e. The van der Waals surface area contributed by atoms with Crippen molar-refractivity contribution in [2.75, 3.05) is 18.5 Å². The molecule has 4 rings (SSSR count). The molecule has 30 heavy (non-hydrogen) atoms. The van der Waals surface area contributed by atoms with Crippen LogP contribution in [0.3, 0.4) is 0 Å². The van der Waals surface area contributed by atoms with E-state index < -0.39 is 5.76 Å². The Morgan fingerprint density at radius 2 is 2.20 bits per heavy atom. The summed E-state index contributed by atoms with van der Waals surface area (Å²) in [4.78, 5) is 22.4. The van der Waals surface area contributed by atoms with E-state index >= 15 is 0 Å². The monoisotopic (exact) mass is 433 g/mol. The molecule has 0 aliphatic carbocycles. The molecule has 12 heteroatoms. The third-order valence-corrected chi connectivity index (χ3v) is 4.47. The molecule has 0 atom stereocenters. The highest BCUT2D eigenvalue weighted by Crippen LogP contribution is 2.31. The summed E-state index contributed by atoms with van der Waals surface area (Å²) < 4.78 is 25.3. The molecule has 3 aromatic heterocycles. The molecule has 1 aromatic carbocycles. The van der Waals surface area contributed by atoms with Crippen LogP contribution < -0.4 is 11.1 Å². The van der Waals surface area contributed by atoms with E-state index in [2.05, 4.69) is 35.0 Å². The predicted octanol–water partition coefficient (Wildman–Crippen LogP) is 3.05. The molecule has 0 unspecified atom stereocenters. The minimum absolute atomic E-state index is 0.0414. The Bertz CT molecular complexity index is 1270. The Balaban J connectivity index is 1.87. The lowest BCUT2D eigenvalue weighted by Crippen LogP contribution is -2.09. The van der Waals surface area contributed by atoms with Gasteiger partial charge in [-0.05, 0) is 49.2 Å². The van der Waals surface area contributed by atoms with Crippen LogP contribution in [0.25, 0.3) is 22.6 Å². The molecular formula is C18H17ClFN7O3. The maximum absolute atomic E-state index is 13.6. The lowest BCUT2D eigenvalue weighted by molar-refractivity contribution is 0.137. The standard InChI is InChI=1S/C18H17ClFN7O3/c1-3-29-7-6-27-14-12(13(25-27)15-24-18(28)30-26-15)22-17(19)23-16(14)21-10-4-5-11(20)9(2)8-10/h4-5,8H,3,6-7H2,1-2H3,(H,21,22,23)(H,24,26,28). The summed E-state index contributed by atoms with van der Waals surface area (Å²) in [6, 6.07) is 4.59. The zero-order chi connectivity index (χ0) is 21.3. The van der Waals surface area contributed by atoms with E-state index in [4.69, 9.17) is 16.3 Å². The van der Waals surface area contributed by atoms with E-state index in [1.807, 2.05) is 6.92 Å². The second-order valence-electron chi connectivity index (χ2n) is 6.34. The number of aryl methyl sites for hydroxylation is 1. The molecule has 10 nitrogen and oxygen atoms in total. The largest absolute Gasteiger partial charge is 0.439 e. The molecular weight excluding hydrogens is 417 g/mol. The number of H-pyrrole nitrogens is 1. The number of rotatable bonds is 7. The summed E-state index contributed by atoms with van der Waals surface area (Å²) in [5.74, 6) is -0.566. The SMILES string of the molecule is CCOCCn1nc(-c2noc(=O)[nH]2)c2nc(Cl)nc(Nc3ccc(F)c(C)c3)c21. The number of benzene rings is 1. The molecule has 2 N–H and O–H groups in total. The Labute approximate surface area is 174 Å². The Morgan fingerprint density at radius 1 is 1.37 bits per heavy atom.